The fourth-order valence-electron chi connectivity index (χ4n) is 1.34. The molecule has 3 N–H and O–H groups in total. The molecule has 0 spiro atoms. The molecule has 68 valence electrons. The van der Waals surface area contributed by atoms with E-state index in [0.717, 1.165) is 6.42 Å². The van der Waals surface area contributed by atoms with Gasteiger partial charge in [-0.3, -0.25) is 4.79 Å². The molecule has 0 bridgehead atoms. The van der Waals surface area contributed by atoms with Crippen LogP contribution in [0.2, 0.25) is 0 Å². The quantitative estimate of drug-likeness (QED) is 0.536. The van der Waals surface area contributed by atoms with Crippen molar-refractivity contribution in [3.63, 3.8) is 0 Å². The summed E-state index contributed by atoms with van der Waals surface area (Å²) < 4.78 is 0. The lowest BCUT2D eigenvalue weighted by atomic mass is 10.0. The van der Waals surface area contributed by atoms with Crippen molar-refractivity contribution in [3.05, 3.63) is 0 Å². The average molecular weight is 188 g/mol. The minimum atomic E-state index is -0.788. The first-order chi connectivity index (χ1) is 5.58. The fraction of sp³-hybridized carbons (Fsp3) is 0.714. The van der Waals surface area contributed by atoms with Crippen molar-refractivity contribution in [2.45, 2.75) is 31.8 Å². The Balaban J connectivity index is 2.44. The van der Waals surface area contributed by atoms with E-state index in [1.807, 2.05) is 6.92 Å². The second kappa shape index (κ2) is 3.71. The molecular formula is C7H12N2O2S. The van der Waals surface area contributed by atoms with Gasteiger partial charge >= 0.3 is 5.97 Å². The zero-order valence-electron chi connectivity index (χ0n) is 6.83. The first kappa shape index (κ1) is 9.25. The van der Waals surface area contributed by atoms with Gasteiger partial charge < -0.3 is 15.7 Å². The number of carboxylic acids is 1. The normalized spacial score (nSPS) is 28.9. The molecule has 12 heavy (non-hydrogen) atoms. The Bertz CT molecular complexity index is 206. The van der Waals surface area contributed by atoms with Crippen molar-refractivity contribution in [3.8, 4) is 0 Å². The van der Waals surface area contributed by atoms with Gasteiger partial charge in [0.1, 0.15) is 0 Å². The molecule has 0 aliphatic carbocycles. The molecule has 0 saturated carbocycles. The number of hydrogen-bond acceptors (Lipinski definition) is 2. The number of aliphatic carboxylic acids is 1. The minimum Gasteiger partial charge on any atom is -0.481 e. The first-order valence-corrected chi connectivity index (χ1v) is 4.27. The van der Waals surface area contributed by atoms with E-state index < -0.39 is 5.97 Å². The van der Waals surface area contributed by atoms with Gasteiger partial charge in [-0.05, 0) is 25.6 Å². The van der Waals surface area contributed by atoms with Crippen LogP contribution >= 0.6 is 12.2 Å². The third-order valence-electron chi connectivity index (χ3n) is 1.77. The highest BCUT2D eigenvalue weighted by Gasteiger charge is 2.22. The van der Waals surface area contributed by atoms with E-state index in [0.29, 0.717) is 5.11 Å². The summed E-state index contributed by atoms with van der Waals surface area (Å²) in [6.45, 7) is 1.99. The maximum absolute atomic E-state index is 10.4. The van der Waals surface area contributed by atoms with Gasteiger partial charge in [0.15, 0.2) is 5.11 Å². The zero-order chi connectivity index (χ0) is 9.14. The van der Waals surface area contributed by atoms with Crippen molar-refractivity contribution in [1.82, 2.24) is 10.6 Å². The maximum atomic E-state index is 10.4. The van der Waals surface area contributed by atoms with Gasteiger partial charge in [0, 0.05) is 12.1 Å². The lowest BCUT2D eigenvalue weighted by molar-refractivity contribution is -0.137. The van der Waals surface area contributed by atoms with Crippen molar-refractivity contribution in [2.75, 3.05) is 0 Å². The standard InChI is InChI=1S/C7H12N2O2S/c1-4-2-5(3-6(10)11)9-7(12)8-4/h4-5H,2-3H2,1H3,(H,10,11)(H2,8,9,12). The molecule has 0 aromatic rings. The van der Waals surface area contributed by atoms with E-state index >= 15 is 0 Å². The molecule has 1 aliphatic heterocycles. The molecule has 1 heterocycles. The van der Waals surface area contributed by atoms with Crippen LogP contribution in [-0.4, -0.2) is 28.3 Å². The van der Waals surface area contributed by atoms with E-state index in [-0.39, 0.29) is 18.5 Å². The molecule has 1 fully saturated rings. The molecule has 2 atom stereocenters. The molecule has 5 heteroatoms. The Labute approximate surface area is 76.3 Å². The Kier molecular flexibility index (Phi) is 2.86. The zero-order valence-corrected chi connectivity index (χ0v) is 7.65. The van der Waals surface area contributed by atoms with Crippen LogP contribution in [0.15, 0.2) is 0 Å². The number of carbonyl (C=O) groups is 1. The average Bonchev–Trinajstić information content (AvgIpc) is 1.81. The number of hydrogen-bond donors (Lipinski definition) is 3. The Morgan fingerprint density at radius 3 is 2.92 bits per heavy atom. The largest absolute Gasteiger partial charge is 0.481 e. The predicted molar refractivity (Wildman–Crippen MR) is 49.0 cm³/mol. The van der Waals surface area contributed by atoms with Crippen LogP contribution in [0.4, 0.5) is 0 Å². The molecule has 0 aromatic heterocycles. The highest BCUT2D eigenvalue weighted by Crippen LogP contribution is 2.07. The maximum Gasteiger partial charge on any atom is 0.305 e. The Morgan fingerprint density at radius 1 is 1.75 bits per heavy atom. The van der Waals surface area contributed by atoms with Crippen LogP contribution in [0, 0.1) is 0 Å². The van der Waals surface area contributed by atoms with E-state index in [9.17, 15) is 4.79 Å². The van der Waals surface area contributed by atoms with Gasteiger partial charge in [-0.25, -0.2) is 0 Å². The summed E-state index contributed by atoms with van der Waals surface area (Å²) in [4.78, 5) is 10.4. The van der Waals surface area contributed by atoms with E-state index in [4.69, 9.17) is 17.3 Å². The lowest BCUT2D eigenvalue weighted by Gasteiger charge is -2.30. The summed E-state index contributed by atoms with van der Waals surface area (Å²) >= 11 is 4.90. The number of nitrogens with one attached hydrogen (secondary N) is 2. The van der Waals surface area contributed by atoms with Gasteiger partial charge in [-0.15, -0.1) is 0 Å². The molecule has 0 amide bonds. The van der Waals surface area contributed by atoms with Gasteiger partial charge in [0.25, 0.3) is 0 Å². The highest BCUT2D eigenvalue weighted by atomic mass is 32.1. The third kappa shape index (κ3) is 2.65. The summed E-state index contributed by atoms with van der Waals surface area (Å²) in [5.74, 6) is -0.788. The van der Waals surface area contributed by atoms with E-state index in [2.05, 4.69) is 10.6 Å². The fourth-order valence-corrected chi connectivity index (χ4v) is 1.71. The predicted octanol–water partition coefficient (Wildman–Crippen LogP) is 0.0860. The smallest absolute Gasteiger partial charge is 0.305 e. The van der Waals surface area contributed by atoms with Crippen LogP contribution in [0.5, 0.6) is 0 Å². The van der Waals surface area contributed by atoms with Crippen LogP contribution in [-0.2, 0) is 4.79 Å². The molecule has 1 rings (SSSR count). The van der Waals surface area contributed by atoms with Crippen molar-refractivity contribution < 1.29 is 9.90 Å². The number of rotatable bonds is 2. The highest BCUT2D eigenvalue weighted by molar-refractivity contribution is 7.80. The molecule has 1 saturated heterocycles. The van der Waals surface area contributed by atoms with Crippen molar-refractivity contribution >= 4 is 23.3 Å². The van der Waals surface area contributed by atoms with Gasteiger partial charge in [-0.2, -0.15) is 0 Å². The van der Waals surface area contributed by atoms with E-state index in [1.165, 1.54) is 0 Å². The number of carboxylic acid groups (broad SMARTS) is 1. The molecule has 0 radical (unpaired) electrons. The summed E-state index contributed by atoms with van der Waals surface area (Å²) in [5.41, 5.74) is 0. The molecule has 1 aliphatic rings. The van der Waals surface area contributed by atoms with Gasteiger partial charge in [-0.1, -0.05) is 0 Å². The molecule has 0 aromatic carbocycles. The summed E-state index contributed by atoms with van der Waals surface area (Å²) in [6, 6.07) is 0.245. The molecule has 2 unspecified atom stereocenters. The third-order valence-corrected chi connectivity index (χ3v) is 2.01. The minimum absolute atomic E-state index is 0.0220. The van der Waals surface area contributed by atoms with Crippen molar-refractivity contribution in [1.29, 1.82) is 0 Å². The monoisotopic (exact) mass is 188 g/mol. The van der Waals surface area contributed by atoms with E-state index in [1.54, 1.807) is 0 Å². The van der Waals surface area contributed by atoms with Crippen molar-refractivity contribution in [2.24, 2.45) is 0 Å². The second-order valence-electron chi connectivity index (χ2n) is 3.05. The SMILES string of the molecule is CC1CC(CC(=O)O)NC(=S)N1. The Hall–Kier alpha value is -0.840. The van der Waals surface area contributed by atoms with Crippen LogP contribution < -0.4 is 10.6 Å². The van der Waals surface area contributed by atoms with Crippen LogP contribution in [0.25, 0.3) is 0 Å². The summed E-state index contributed by atoms with van der Waals surface area (Å²) in [6.07, 6.45) is 0.929. The lowest BCUT2D eigenvalue weighted by Crippen LogP contribution is -2.53. The molecule has 4 nitrogen and oxygen atoms in total. The second-order valence-corrected chi connectivity index (χ2v) is 3.46. The van der Waals surface area contributed by atoms with Gasteiger partial charge in [0.2, 0.25) is 0 Å². The number of thiocarbonyl (C=S) groups is 1. The summed E-state index contributed by atoms with van der Waals surface area (Å²) in [7, 11) is 0. The van der Waals surface area contributed by atoms with Crippen LogP contribution in [0.1, 0.15) is 19.8 Å². The first-order valence-electron chi connectivity index (χ1n) is 3.86. The molecular weight excluding hydrogens is 176 g/mol. The van der Waals surface area contributed by atoms with Gasteiger partial charge in [0.05, 0.1) is 6.42 Å². The van der Waals surface area contributed by atoms with Crippen LogP contribution in [0.3, 0.4) is 0 Å². The topological polar surface area (TPSA) is 61.4 Å². The Morgan fingerprint density at radius 2 is 2.42 bits per heavy atom. The summed E-state index contributed by atoms with van der Waals surface area (Å²) in [5, 5.41) is 15.0.